The van der Waals surface area contributed by atoms with Crippen LogP contribution in [0, 0.1) is 5.92 Å². The molecule has 5 heteroatoms. The Kier molecular flexibility index (Phi) is 4.22. The average Bonchev–Trinajstić information content (AvgIpc) is 3.13. The van der Waals surface area contributed by atoms with Crippen LogP contribution in [0.3, 0.4) is 0 Å². The fourth-order valence-corrected chi connectivity index (χ4v) is 2.71. The van der Waals surface area contributed by atoms with E-state index in [-0.39, 0.29) is 17.9 Å². The van der Waals surface area contributed by atoms with Gasteiger partial charge in [0.25, 0.3) is 0 Å². The summed E-state index contributed by atoms with van der Waals surface area (Å²) in [6.07, 6.45) is 2.95. The van der Waals surface area contributed by atoms with E-state index in [9.17, 15) is 4.79 Å². The van der Waals surface area contributed by atoms with Crippen molar-refractivity contribution >= 4 is 22.5 Å². The smallest absolute Gasteiger partial charge is 0.231 e. The van der Waals surface area contributed by atoms with Crippen molar-refractivity contribution in [2.75, 3.05) is 25.1 Å². The molecule has 21 heavy (non-hydrogen) atoms. The van der Waals surface area contributed by atoms with Crippen molar-refractivity contribution in [2.45, 2.75) is 19.4 Å². The molecule has 0 saturated carbocycles. The normalized spacial score (nSPS) is 21.8. The van der Waals surface area contributed by atoms with E-state index in [0.717, 1.165) is 29.6 Å². The van der Waals surface area contributed by atoms with E-state index in [1.54, 1.807) is 0 Å². The minimum atomic E-state index is -0.126. The molecule has 1 saturated heterocycles. The number of anilines is 1. The minimum Gasteiger partial charge on any atom is -0.379 e. The van der Waals surface area contributed by atoms with E-state index in [4.69, 9.17) is 4.74 Å². The summed E-state index contributed by atoms with van der Waals surface area (Å²) in [6, 6.07) is 7.98. The highest BCUT2D eigenvalue weighted by atomic mass is 16.5. The lowest BCUT2D eigenvalue weighted by Crippen LogP contribution is -2.41. The molecule has 0 spiro atoms. The van der Waals surface area contributed by atoms with Crippen LogP contribution in [0.15, 0.2) is 30.5 Å². The zero-order valence-electron chi connectivity index (χ0n) is 12.2. The number of aromatic nitrogens is 1. The van der Waals surface area contributed by atoms with Gasteiger partial charge in [-0.1, -0.05) is 6.92 Å². The van der Waals surface area contributed by atoms with Gasteiger partial charge in [0.1, 0.15) is 0 Å². The highest BCUT2D eigenvalue weighted by molar-refractivity contribution is 5.95. The molecule has 1 aromatic carbocycles. The van der Waals surface area contributed by atoms with Crippen molar-refractivity contribution in [1.29, 1.82) is 0 Å². The summed E-state index contributed by atoms with van der Waals surface area (Å²) in [4.78, 5) is 15.6. The molecular formula is C16H21N3O2. The van der Waals surface area contributed by atoms with Crippen LogP contribution in [0.5, 0.6) is 0 Å². The maximum absolute atomic E-state index is 12.4. The highest BCUT2D eigenvalue weighted by Gasteiger charge is 2.33. The quantitative estimate of drug-likeness (QED) is 0.789. The van der Waals surface area contributed by atoms with Crippen LogP contribution in [-0.2, 0) is 9.53 Å². The number of carbonyl (C=O) groups is 1. The van der Waals surface area contributed by atoms with E-state index < -0.39 is 0 Å². The van der Waals surface area contributed by atoms with Crippen LogP contribution in [0.25, 0.3) is 10.9 Å². The van der Waals surface area contributed by atoms with Crippen LogP contribution in [0.1, 0.15) is 13.3 Å². The summed E-state index contributed by atoms with van der Waals surface area (Å²) in [5.41, 5.74) is 1.90. The Labute approximate surface area is 124 Å². The molecule has 1 aliphatic heterocycles. The fraction of sp³-hybridized carbons (Fsp3) is 0.438. The first kappa shape index (κ1) is 14.1. The van der Waals surface area contributed by atoms with E-state index in [1.165, 1.54) is 0 Å². The molecule has 0 bridgehead atoms. The van der Waals surface area contributed by atoms with Crippen LogP contribution >= 0.6 is 0 Å². The van der Waals surface area contributed by atoms with Gasteiger partial charge in [-0.25, -0.2) is 0 Å². The van der Waals surface area contributed by atoms with Crippen molar-refractivity contribution in [3.05, 3.63) is 30.5 Å². The van der Waals surface area contributed by atoms with Crippen LogP contribution in [-0.4, -0.2) is 36.7 Å². The molecule has 2 unspecified atom stereocenters. The van der Waals surface area contributed by atoms with Crippen molar-refractivity contribution in [3.63, 3.8) is 0 Å². The molecule has 1 amide bonds. The van der Waals surface area contributed by atoms with Gasteiger partial charge >= 0.3 is 0 Å². The maximum atomic E-state index is 12.4. The third-order valence-electron chi connectivity index (χ3n) is 3.89. The van der Waals surface area contributed by atoms with Crippen molar-refractivity contribution in [2.24, 2.45) is 5.92 Å². The molecule has 3 rings (SSSR count). The second-order valence-corrected chi connectivity index (χ2v) is 5.47. The van der Waals surface area contributed by atoms with Gasteiger partial charge < -0.3 is 20.4 Å². The number of rotatable bonds is 5. The lowest BCUT2D eigenvalue weighted by atomic mass is 10.0. The molecular weight excluding hydrogens is 266 g/mol. The Morgan fingerprint density at radius 2 is 2.29 bits per heavy atom. The first-order chi connectivity index (χ1) is 10.3. The van der Waals surface area contributed by atoms with E-state index in [0.29, 0.717) is 13.2 Å². The van der Waals surface area contributed by atoms with Gasteiger partial charge in [0.15, 0.2) is 0 Å². The number of amides is 1. The summed E-state index contributed by atoms with van der Waals surface area (Å²) < 4.78 is 5.46. The first-order valence-electron chi connectivity index (χ1n) is 7.47. The summed E-state index contributed by atoms with van der Waals surface area (Å²) >= 11 is 0. The predicted molar refractivity (Wildman–Crippen MR) is 83.3 cm³/mol. The summed E-state index contributed by atoms with van der Waals surface area (Å²) in [7, 11) is 0. The molecule has 1 aromatic heterocycles. The largest absolute Gasteiger partial charge is 0.379 e. The molecule has 2 heterocycles. The number of carbonyl (C=O) groups excluding carboxylic acids is 1. The Morgan fingerprint density at radius 1 is 1.38 bits per heavy atom. The number of H-pyrrole nitrogens is 1. The highest BCUT2D eigenvalue weighted by Crippen LogP contribution is 2.20. The van der Waals surface area contributed by atoms with Gasteiger partial charge in [0, 0.05) is 28.8 Å². The number of fused-ring (bicyclic) bond motifs is 1. The van der Waals surface area contributed by atoms with Crippen LogP contribution in [0.4, 0.5) is 5.69 Å². The second-order valence-electron chi connectivity index (χ2n) is 5.47. The number of hydrogen-bond acceptors (Lipinski definition) is 3. The van der Waals surface area contributed by atoms with E-state index in [2.05, 4.69) is 22.5 Å². The first-order valence-corrected chi connectivity index (χ1v) is 7.47. The lowest BCUT2D eigenvalue weighted by Gasteiger charge is -2.18. The molecule has 5 nitrogen and oxygen atoms in total. The van der Waals surface area contributed by atoms with Crippen molar-refractivity contribution in [3.8, 4) is 0 Å². The molecule has 1 aliphatic rings. The zero-order valence-corrected chi connectivity index (χ0v) is 12.2. The third-order valence-corrected chi connectivity index (χ3v) is 3.89. The van der Waals surface area contributed by atoms with Crippen molar-refractivity contribution in [1.82, 2.24) is 10.3 Å². The average molecular weight is 287 g/mol. The van der Waals surface area contributed by atoms with E-state index in [1.807, 2.05) is 30.5 Å². The monoisotopic (exact) mass is 287 g/mol. The molecule has 3 N–H and O–H groups in total. The minimum absolute atomic E-state index is 0.0241. The number of nitrogens with one attached hydrogen (secondary N) is 3. The van der Waals surface area contributed by atoms with Crippen LogP contribution < -0.4 is 10.6 Å². The number of hydrogen-bond donors (Lipinski definition) is 3. The third kappa shape index (κ3) is 3.09. The summed E-state index contributed by atoms with van der Waals surface area (Å²) in [6.45, 7) is 4.12. The SMILES string of the molecule is CCCNC1COCC1C(=O)Nc1ccc2[nH]ccc2c1. The maximum Gasteiger partial charge on any atom is 0.231 e. The molecule has 1 fully saturated rings. The van der Waals surface area contributed by atoms with Gasteiger partial charge in [0.2, 0.25) is 5.91 Å². The summed E-state index contributed by atoms with van der Waals surface area (Å²) in [5.74, 6) is -0.102. The molecule has 2 atom stereocenters. The Bertz CT molecular complexity index is 623. The molecule has 0 aliphatic carbocycles. The van der Waals surface area contributed by atoms with Gasteiger partial charge in [-0.3, -0.25) is 4.79 Å². The number of aromatic amines is 1. The molecule has 0 radical (unpaired) electrons. The zero-order chi connectivity index (χ0) is 14.7. The van der Waals surface area contributed by atoms with Crippen molar-refractivity contribution < 1.29 is 9.53 Å². The topological polar surface area (TPSA) is 66.2 Å². The Balaban J connectivity index is 1.67. The van der Waals surface area contributed by atoms with Gasteiger partial charge in [0.05, 0.1) is 19.1 Å². The van der Waals surface area contributed by atoms with Gasteiger partial charge in [-0.15, -0.1) is 0 Å². The number of ether oxygens (including phenoxy) is 1. The lowest BCUT2D eigenvalue weighted by molar-refractivity contribution is -0.120. The molecule has 2 aromatic rings. The molecule has 112 valence electrons. The predicted octanol–water partition coefficient (Wildman–Crippen LogP) is 2.12. The fourth-order valence-electron chi connectivity index (χ4n) is 2.71. The van der Waals surface area contributed by atoms with Gasteiger partial charge in [-0.05, 0) is 37.2 Å². The van der Waals surface area contributed by atoms with Crippen LogP contribution in [0.2, 0.25) is 0 Å². The summed E-state index contributed by atoms with van der Waals surface area (Å²) in [5, 5.41) is 7.48. The van der Waals surface area contributed by atoms with E-state index >= 15 is 0 Å². The Morgan fingerprint density at radius 3 is 3.14 bits per heavy atom. The van der Waals surface area contributed by atoms with Gasteiger partial charge in [-0.2, -0.15) is 0 Å². The second kappa shape index (κ2) is 6.28. The Hall–Kier alpha value is -1.85. The number of benzene rings is 1. The standard InChI is InChI=1S/C16H21N3O2/c1-2-6-17-15-10-21-9-13(15)16(20)19-12-3-4-14-11(8-12)5-7-18-14/h3-5,7-8,13,15,17-18H,2,6,9-10H2,1H3,(H,19,20).